The van der Waals surface area contributed by atoms with Gasteiger partial charge in [-0.05, 0) is 66.9 Å². The number of nitrogens with one attached hydrogen (secondary N) is 1. The summed E-state index contributed by atoms with van der Waals surface area (Å²) in [5, 5.41) is 3.15. The van der Waals surface area contributed by atoms with Gasteiger partial charge in [-0.3, -0.25) is 19.5 Å². The molecule has 4 rings (SSSR count). The van der Waals surface area contributed by atoms with Crippen LogP contribution in [-0.4, -0.2) is 37.1 Å². The van der Waals surface area contributed by atoms with Crippen molar-refractivity contribution in [3.8, 4) is 11.5 Å². The monoisotopic (exact) mass is 491 g/mol. The van der Waals surface area contributed by atoms with Crippen molar-refractivity contribution in [3.05, 3.63) is 83.9 Å². The normalized spacial score (nSPS) is 14.5. The second-order valence-electron chi connectivity index (χ2n) is 8.73. The molecule has 1 aliphatic carbocycles. The van der Waals surface area contributed by atoms with Crippen molar-refractivity contribution >= 4 is 17.5 Å². The van der Waals surface area contributed by atoms with Gasteiger partial charge in [0.05, 0.1) is 14.2 Å². The molecule has 36 heavy (non-hydrogen) atoms. The molecule has 3 aromatic rings. The van der Waals surface area contributed by atoms with Gasteiger partial charge in [-0.2, -0.15) is 0 Å². The molecule has 1 fully saturated rings. The van der Waals surface area contributed by atoms with E-state index in [1.54, 1.807) is 36.4 Å². The summed E-state index contributed by atoms with van der Waals surface area (Å²) >= 11 is 0. The molecule has 2 aromatic carbocycles. The lowest BCUT2D eigenvalue weighted by Gasteiger charge is -2.33. The third kappa shape index (κ3) is 5.64. The van der Waals surface area contributed by atoms with Gasteiger partial charge in [0.15, 0.2) is 11.5 Å². The number of methoxy groups -OCH3 is 2. The van der Waals surface area contributed by atoms with Crippen LogP contribution in [0.3, 0.4) is 0 Å². The van der Waals surface area contributed by atoms with Crippen LogP contribution in [-0.2, 0) is 4.79 Å². The van der Waals surface area contributed by atoms with Crippen LogP contribution < -0.4 is 19.7 Å². The Morgan fingerprint density at radius 3 is 2.33 bits per heavy atom. The summed E-state index contributed by atoms with van der Waals surface area (Å²) in [6, 6.07) is 14.6. The standard InChI is InChI=1S/C28H30FN3O4/c1-35-24-16-11-19(18-25(24)36-2)26(27(33)31-21-8-4-3-5-9-21)32(22-14-12-20(29)13-15-22)28(34)23-10-6-7-17-30-23/h6-7,10-18,21,26H,3-5,8-9H2,1-2H3,(H,31,33)/t26-/m0/s1. The van der Waals surface area contributed by atoms with E-state index in [0.717, 1.165) is 32.1 Å². The van der Waals surface area contributed by atoms with E-state index in [4.69, 9.17) is 9.47 Å². The van der Waals surface area contributed by atoms with E-state index in [0.29, 0.717) is 22.7 Å². The number of halogens is 1. The molecule has 0 aliphatic heterocycles. The Labute approximate surface area is 210 Å². The number of rotatable bonds is 8. The molecule has 2 amide bonds. The van der Waals surface area contributed by atoms with E-state index in [9.17, 15) is 14.0 Å². The van der Waals surface area contributed by atoms with E-state index in [2.05, 4.69) is 10.3 Å². The highest BCUT2D eigenvalue weighted by Gasteiger charge is 2.35. The van der Waals surface area contributed by atoms with Crippen LogP contribution in [0.15, 0.2) is 66.9 Å². The maximum absolute atomic E-state index is 13.9. The molecule has 1 aromatic heterocycles. The number of carbonyl (C=O) groups is 2. The molecule has 0 spiro atoms. The summed E-state index contributed by atoms with van der Waals surface area (Å²) in [6.07, 6.45) is 6.51. The molecule has 1 saturated carbocycles. The molecule has 1 N–H and O–H groups in total. The van der Waals surface area contributed by atoms with Gasteiger partial charge in [-0.15, -0.1) is 0 Å². The Bertz CT molecular complexity index is 1180. The van der Waals surface area contributed by atoms with Crippen molar-refractivity contribution in [2.45, 2.75) is 44.2 Å². The van der Waals surface area contributed by atoms with E-state index in [1.165, 1.54) is 49.6 Å². The maximum Gasteiger partial charge on any atom is 0.277 e. The van der Waals surface area contributed by atoms with Gasteiger partial charge in [0, 0.05) is 17.9 Å². The molecule has 1 heterocycles. The predicted octanol–water partition coefficient (Wildman–Crippen LogP) is 5.07. The van der Waals surface area contributed by atoms with Gasteiger partial charge in [0.2, 0.25) is 5.91 Å². The quantitative estimate of drug-likeness (QED) is 0.476. The molecular weight excluding hydrogens is 461 g/mol. The van der Waals surface area contributed by atoms with Crippen LogP contribution in [0.25, 0.3) is 0 Å². The van der Waals surface area contributed by atoms with Gasteiger partial charge < -0.3 is 14.8 Å². The SMILES string of the molecule is COc1ccc([C@@H](C(=O)NC2CCCCC2)N(C(=O)c2ccccn2)c2ccc(F)cc2)cc1OC. The summed E-state index contributed by atoms with van der Waals surface area (Å²) in [4.78, 5) is 33.3. The number of ether oxygens (including phenoxy) is 2. The van der Waals surface area contributed by atoms with E-state index in [1.807, 2.05) is 0 Å². The van der Waals surface area contributed by atoms with Crippen LogP contribution >= 0.6 is 0 Å². The van der Waals surface area contributed by atoms with Crippen LogP contribution in [0.4, 0.5) is 10.1 Å². The summed E-state index contributed by atoms with van der Waals surface area (Å²) in [5.74, 6) is -0.339. The molecular formula is C28H30FN3O4. The molecule has 1 aliphatic rings. The average Bonchev–Trinajstić information content (AvgIpc) is 2.92. The molecule has 188 valence electrons. The minimum absolute atomic E-state index is 0.0221. The molecule has 8 heteroatoms. The summed E-state index contributed by atoms with van der Waals surface area (Å²) in [5.41, 5.74) is 1.05. The number of pyridine rings is 1. The highest BCUT2D eigenvalue weighted by atomic mass is 19.1. The zero-order chi connectivity index (χ0) is 25.5. The number of aromatic nitrogens is 1. The van der Waals surface area contributed by atoms with Gasteiger partial charge in [0.25, 0.3) is 5.91 Å². The smallest absolute Gasteiger partial charge is 0.277 e. The zero-order valence-electron chi connectivity index (χ0n) is 20.4. The molecule has 1 atom stereocenters. The molecule has 0 unspecified atom stereocenters. The first-order valence-electron chi connectivity index (χ1n) is 12.0. The number of hydrogen-bond acceptors (Lipinski definition) is 5. The first-order chi connectivity index (χ1) is 17.5. The molecule has 0 bridgehead atoms. The lowest BCUT2D eigenvalue weighted by atomic mass is 9.94. The number of nitrogens with zero attached hydrogens (tertiary/aromatic N) is 2. The van der Waals surface area contributed by atoms with Gasteiger partial charge >= 0.3 is 0 Å². The average molecular weight is 492 g/mol. The number of amides is 2. The van der Waals surface area contributed by atoms with E-state index < -0.39 is 17.8 Å². The van der Waals surface area contributed by atoms with Crippen LogP contribution in [0.5, 0.6) is 11.5 Å². The Morgan fingerprint density at radius 2 is 1.69 bits per heavy atom. The Kier molecular flexibility index (Phi) is 8.15. The third-order valence-electron chi connectivity index (χ3n) is 6.39. The van der Waals surface area contributed by atoms with Crippen molar-refractivity contribution in [2.75, 3.05) is 19.1 Å². The number of benzene rings is 2. The van der Waals surface area contributed by atoms with Crippen LogP contribution in [0, 0.1) is 5.82 Å². The number of hydrogen-bond donors (Lipinski definition) is 1. The van der Waals surface area contributed by atoms with Gasteiger partial charge in [-0.1, -0.05) is 31.4 Å². The Morgan fingerprint density at radius 1 is 0.972 bits per heavy atom. The van der Waals surface area contributed by atoms with Crippen molar-refractivity contribution in [3.63, 3.8) is 0 Å². The van der Waals surface area contributed by atoms with Crippen molar-refractivity contribution in [1.82, 2.24) is 10.3 Å². The summed E-state index contributed by atoms with van der Waals surface area (Å²) < 4.78 is 24.7. The second kappa shape index (κ2) is 11.7. The van der Waals surface area contributed by atoms with Crippen molar-refractivity contribution < 1.29 is 23.5 Å². The molecule has 7 nitrogen and oxygen atoms in total. The van der Waals surface area contributed by atoms with Crippen molar-refractivity contribution in [2.24, 2.45) is 0 Å². The highest BCUT2D eigenvalue weighted by Crippen LogP contribution is 2.35. The lowest BCUT2D eigenvalue weighted by Crippen LogP contribution is -2.47. The maximum atomic E-state index is 13.9. The summed E-state index contributed by atoms with van der Waals surface area (Å²) in [6.45, 7) is 0. The minimum atomic E-state index is -1.06. The zero-order valence-corrected chi connectivity index (χ0v) is 20.4. The topological polar surface area (TPSA) is 80.8 Å². The molecule has 0 saturated heterocycles. The fraction of sp³-hybridized carbons (Fsp3) is 0.321. The largest absolute Gasteiger partial charge is 0.493 e. The van der Waals surface area contributed by atoms with E-state index in [-0.39, 0.29) is 17.6 Å². The van der Waals surface area contributed by atoms with E-state index >= 15 is 0 Å². The minimum Gasteiger partial charge on any atom is -0.493 e. The summed E-state index contributed by atoms with van der Waals surface area (Å²) in [7, 11) is 3.04. The third-order valence-corrected chi connectivity index (χ3v) is 6.39. The van der Waals surface area contributed by atoms with Gasteiger partial charge in [-0.25, -0.2) is 4.39 Å². The first-order valence-corrected chi connectivity index (χ1v) is 12.0. The number of carbonyl (C=O) groups excluding carboxylic acids is 2. The Balaban J connectivity index is 1.84. The Hall–Kier alpha value is -3.94. The second-order valence-corrected chi connectivity index (χ2v) is 8.73. The van der Waals surface area contributed by atoms with Gasteiger partial charge in [0.1, 0.15) is 17.6 Å². The fourth-order valence-electron chi connectivity index (χ4n) is 4.57. The van der Waals surface area contributed by atoms with Crippen LogP contribution in [0.2, 0.25) is 0 Å². The first kappa shape index (κ1) is 25.2. The molecule has 0 radical (unpaired) electrons. The number of anilines is 1. The van der Waals surface area contributed by atoms with Crippen LogP contribution in [0.1, 0.15) is 54.2 Å². The lowest BCUT2D eigenvalue weighted by molar-refractivity contribution is -0.123. The predicted molar refractivity (Wildman–Crippen MR) is 135 cm³/mol. The fourth-order valence-corrected chi connectivity index (χ4v) is 4.57. The van der Waals surface area contributed by atoms with Crippen molar-refractivity contribution in [1.29, 1.82) is 0 Å². The highest BCUT2D eigenvalue weighted by molar-refractivity contribution is 6.09.